The minimum atomic E-state index is -0.0468. The maximum absolute atomic E-state index is 11.5. The van der Waals surface area contributed by atoms with Crippen molar-refractivity contribution in [2.75, 3.05) is 11.1 Å². The molecular formula is C14H12Br2N2O. The number of halogens is 2. The molecule has 0 radical (unpaired) electrons. The van der Waals surface area contributed by atoms with E-state index >= 15 is 0 Å². The van der Waals surface area contributed by atoms with Crippen LogP contribution in [0.15, 0.2) is 45.3 Å². The highest BCUT2D eigenvalue weighted by atomic mass is 79.9. The third kappa shape index (κ3) is 3.36. The van der Waals surface area contributed by atoms with Crippen LogP contribution in [0.2, 0.25) is 0 Å². The highest BCUT2D eigenvalue weighted by molar-refractivity contribution is 9.11. The monoisotopic (exact) mass is 382 g/mol. The lowest BCUT2D eigenvalue weighted by atomic mass is 10.1. The topological polar surface area (TPSA) is 55.1 Å². The summed E-state index contributed by atoms with van der Waals surface area (Å²) in [4.78, 5) is 11.5. The Morgan fingerprint density at radius 1 is 1.16 bits per heavy atom. The second-order valence-corrected chi connectivity index (χ2v) is 5.88. The van der Waals surface area contributed by atoms with Gasteiger partial charge in [-0.2, -0.15) is 0 Å². The molecule has 0 aromatic heterocycles. The van der Waals surface area contributed by atoms with Gasteiger partial charge < -0.3 is 11.1 Å². The summed E-state index contributed by atoms with van der Waals surface area (Å²) in [6.45, 7) is 1.50. The maximum Gasteiger partial charge on any atom is 0.161 e. The van der Waals surface area contributed by atoms with Gasteiger partial charge in [0.2, 0.25) is 0 Å². The molecule has 3 N–H and O–H groups in total. The molecule has 0 unspecified atom stereocenters. The molecule has 0 fully saturated rings. The number of benzene rings is 2. The minimum Gasteiger partial charge on any atom is -0.398 e. The Hall–Kier alpha value is -1.33. The first kappa shape index (κ1) is 14.1. The Bertz CT molecular complexity index is 641. The SMILES string of the molecule is CC(=O)c1cc(Nc2cc(Br)ccc2Br)ccc1N. The first-order valence-corrected chi connectivity index (χ1v) is 7.18. The molecule has 19 heavy (non-hydrogen) atoms. The van der Waals surface area contributed by atoms with Crippen molar-refractivity contribution >= 4 is 54.7 Å². The third-order valence-corrected chi connectivity index (χ3v) is 3.82. The highest BCUT2D eigenvalue weighted by Crippen LogP contribution is 2.30. The van der Waals surface area contributed by atoms with Crippen molar-refractivity contribution in [2.45, 2.75) is 6.92 Å². The summed E-state index contributed by atoms with van der Waals surface area (Å²) in [5.74, 6) is -0.0468. The molecule has 0 atom stereocenters. The second kappa shape index (κ2) is 5.75. The van der Waals surface area contributed by atoms with Crippen LogP contribution in [0.25, 0.3) is 0 Å². The van der Waals surface area contributed by atoms with Gasteiger partial charge in [-0.05, 0) is 59.3 Å². The van der Waals surface area contributed by atoms with Crippen molar-refractivity contribution in [1.29, 1.82) is 0 Å². The number of ketones is 1. The van der Waals surface area contributed by atoms with Crippen LogP contribution >= 0.6 is 31.9 Å². The Morgan fingerprint density at radius 3 is 2.58 bits per heavy atom. The van der Waals surface area contributed by atoms with Crippen LogP contribution in [0, 0.1) is 0 Å². The predicted molar refractivity (Wildman–Crippen MR) is 86.0 cm³/mol. The summed E-state index contributed by atoms with van der Waals surface area (Å²) in [6, 6.07) is 11.2. The number of carbonyl (C=O) groups excluding carboxylic acids is 1. The number of nitrogens with two attached hydrogens (primary N) is 1. The molecule has 0 aliphatic carbocycles. The average Bonchev–Trinajstić information content (AvgIpc) is 2.36. The summed E-state index contributed by atoms with van der Waals surface area (Å²) in [7, 11) is 0. The molecule has 3 nitrogen and oxygen atoms in total. The van der Waals surface area contributed by atoms with Crippen molar-refractivity contribution in [1.82, 2.24) is 0 Å². The lowest BCUT2D eigenvalue weighted by molar-refractivity contribution is 0.101. The number of hydrogen-bond acceptors (Lipinski definition) is 3. The van der Waals surface area contributed by atoms with Crippen molar-refractivity contribution in [2.24, 2.45) is 0 Å². The zero-order valence-corrected chi connectivity index (χ0v) is 13.4. The molecule has 0 heterocycles. The highest BCUT2D eigenvalue weighted by Gasteiger charge is 2.07. The van der Waals surface area contributed by atoms with Crippen LogP contribution in [-0.4, -0.2) is 5.78 Å². The predicted octanol–water partition coefficient (Wildman–Crippen LogP) is 4.74. The lowest BCUT2D eigenvalue weighted by Crippen LogP contribution is -2.01. The van der Waals surface area contributed by atoms with E-state index in [-0.39, 0.29) is 5.78 Å². The van der Waals surface area contributed by atoms with Crippen LogP contribution in [0.1, 0.15) is 17.3 Å². The summed E-state index contributed by atoms with van der Waals surface area (Å²) in [5.41, 5.74) is 8.52. The van der Waals surface area contributed by atoms with Gasteiger partial charge in [-0.25, -0.2) is 0 Å². The second-order valence-electron chi connectivity index (χ2n) is 4.11. The van der Waals surface area contributed by atoms with Crippen molar-refractivity contribution in [3.05, 3.63) is 50.9 Å². The van der Waals surface area contributed by atoms with Crippen LogP contribution in [0.4, 0.5) is 17.1 Å². The zero-order chi connectivity index (χ0) is 14.0. The van der Waals surface area contributed by atoms with Crippen molar-refractivity contribution in [3.8, 4) is 0 Å². The maximum atomic E-state index is 11.5. The van der Waals surface area contributed by atoms with Gasteiger partial charge in [-0.1, -0.05) is 15.9 Å². The fourth-order valence-corrected chi connectivity index (χ4v) is 2.39. The van der Waals surface area contributed by atoms with Gasteiger partial charge in [0.15, 0.2) is 5.78 Å². The van der Waals surface area contributed by atoms with E-state index in [9.17, 15) is 4.79 Å². The van der Waals surface area contributed by atoms with Crippen LogP contribution in [0.5, 0.6) is 0 Å². The summed E-state index contributed by atoms with van der Waals surface area (Å²) in [6.07, 6.45) is 0. The number of nitrogens with one attached hydrogen (secondary N) is 1. The number of hydrogen-bond donors (Lipinski definition) is 2. The molecule has 0 bridgehead atoms. The summed E-state index contributed by atoms with van der Waals surface area (Å²) in [5, 5.41) is 3.25. The molecule has 2 rings (SSSR count). The number of rotatable bonds is 3. The zero-order valence-electron chi connectivity index (χ0n) is 10.2. The first-order valence-electron chi connectivity index (χ1n) is 5.60. The summed E-state index contributed by atoms with van der Waals surface area (Å²) >= 11 is 6.90. The Balaban J connectivity index is 2.36. The smallest absolute Gasteiger partial charge is 0.161 e. The van der Waals surface area contributed by atoms with Crippen LogP contribution < -0.4 is 11.1 Å². The molecule has 0 spiro atoms. The van der Waals surface area contributed by atoms with Crippen molar-refractivity contribution in [3.63, 3.8) is 0 Å². The van der Waals surface area contributed by atoms with E-state index in [1.165, 1.54) is 6.92 Å². The van der Waals surface area contributed by atoms with E-state index in [0.717, 1.165) is 20.3 Å². The molecule has 0 aliphatic rings. The third-order valence-electron chi connectivity index (χ3n) is 2.64. The molecule has 0 saturated carbocycles. The average molecular weight is 384 g/mol. The van der Waals surface area contributed by atoms with E-state index in [0.29, 0.717) is 11.3 Å². The minimum absolute atomic E-state index is 0.0468. The molecule has 0 amide bonds. The normalized spacial score (nSPS) is 10.3. The molecule has 2 aromatic carbocycles. The van der Waals surface area contributed by atoms with E-state index in [1.807, 2.05) is 24.3 Å². The molecule has 98 valence electrons. The van der Waals surface area contributed by atoms with Crippen molar-refractivity contribution < 1.29 is 4.79 Å². The molecule has 5 heteroatoms. The van der Waals surface area contributed by atoms with E-state index < -0.39 is 0 Å². The number of carbonyl (C=O) groups is 1. The lowest BCUT2D eigenvalue weighted by Gasteiger charge is -2.11. The molecular weight excluding hydrogens is 372 g/mol. The van der Waals surface area contributed by atoms with Gasteiger partial charge in [0.05, 0.1) is 5.69 Å². The Labute approximate surface area is 128 Å². The number of Topliss-reactive ketones (excluding diaryl/α,β-unsaturated/α-hetero) is 1. The standard InChI is InChI=1S/C14H12Br2N2O/c1-8(19)11-7-10(3-5-13(11)17)18-14-6-9(15)2-4-12(14)16/h2-7,18H,17H2,1H3. The fraction of sp³-hybridized carbons (Fsp3) is 0.0714. The van der Waals surface area contributed by atoms with Crippen LogP contribution in [0.3, 0.4) is 0 Å². The largest absolute Gasteiger partial charge is 0.398 e. The van der Waals surface area contributed by atoms with Gasteiger partial charge in [-0.3, -0.25) is 4.79 Å². The first-order chi connectivity index (χ1) is 8.97. The number of nitrogen functional groups attached to an aromatic ring is 1. The van der Waals surface area contributed by atoms with Gasteiger partial charge in [0.1, 0.15) is 0 Å². The van der Waals surface area contributed by atoms with E-state index in [2.05, 4.69) is 37.2 Å². The molecule has 0 saturated heterocycles. The summed E-state index contributed by atoms with van der Waals surface area (Å²) < 4.78 is 1.91. The molecule has 0 aliphatic heterocycles. The Kier molecular flexibility index (Phi) is 4.27. The van der Waals surface area contributed by atoms with Gasteiger partial charge in [0.25, 0.3) is 0 Å². The number of anilines is 3. The van der Waals surface area contributed by atoms with Gasteiger partial charge in [-0.15, -0.1) is 0 Å². The van der Waals surface area contributed by atoms with E-state index in [4.69, 9.17) is 5.73 Å². The fourth-order valence-electron chi connectivity index (χ4n) is 1.69. The van der Waals surface area contributed by atoms with Gasteiger partial charge >= 0.3 is 0 Å². The molecule has 2 aromatic rings. The van der Waals surface area contributed by atoms with Gasteiger partial charge in [0, 0.05) is 25.9 Å². The Morgan fingerprint density at radius 2 is 1.89 bits per heavy atom. The van der Waals surface area contributed by atoms with E-state index in [1.54, 1.807) is 12.1 Å². The quantitative estimate of drug-likeness (QED) is 0.594. The van der Waals surface area contributed by atoms with Crippen LogP contribution in [-0.2, 0) is 0 Å².